The zero-order valence-electron chi connectivity index (χ0n) is 32.2. The van der Waals surface area contributed by atoms with E-state index in [0.717, 1.165) is 40.4 Å². The second-order valence-corrected chi connectivity index (χ2v) is 15.9. The third kappa shape index (κ3) is 4.74. The Labute approximate surface area is 340 Å². The van der Waals surface area contributed by atoms with E-state index in [1.165, 1.54) is 88.4 Å². The summed E-state index contributed by atoms with van der Waals surface area (Å²) in [6, 6.07) is 66.6. The lowest BCUT2D eigenvalue weighted by Gasteiger charge is -2.13. The molecule has 8 aromatic carbocycles. The van der Waals surface area contributed by atoms with Gasteiger partial charge in [-0.1, -0.05) is 115 Å². The Morgan fingerprint density at radius 2 is 0.949 bits per heavy atom. The molecule has 0 spiro atoms. The van der Waals surface area contributed by atoms with E-state index >= 15 is 0 Å². The monoisotopic (exact) mass is 752 g/mol. The van der Waals surface area contributed by atoms with E-state index in [4.69, 9.17) is 4.98 Å². The fraction of sp³-hybridized carbons (Fsp3) is 0.0364. The largest absolute Gasteiger partial charge is 0.313 e. The number of hydrogen-bond donors (Lipinski definition) is 0. The SMILES string of the molecule is C1=Cc2c(n(-c3ccccc3)c3ccc(-c4ccc5c6ccc(-c7ccc8c(c7)c7ccccc7n8-c7ccccc7)cc6c6nc7ccccc7n6c5c4)cc23)CC1. The van der Waals surface area contributed by atoms with Gasteiger partial charge in [-0.15, -0.1) is 0 Å². The molecule has 0 fully saturated rings. The van der Waals surface area contributed by atoms with E-state index < -0.39 is 0 Å². The summed E-state index contributed by atoms with van der Waals surface area (Å²) < 4.78 is 7.21. The van der Waals surface area contributed by atoms with Crippen molar-refractivity contribution in [3.05, 3.63) is 199 Å². The minimum absolute atomic E-state index is 0.976. The lowest BCUT2D eigenvalue weighted by molar-refractivity contribution is 0.888. The van der Waals surface area contributed by atoms with Gasteiger partial charge in [-0.3, -0.25) is 4.40 Å². The number of imidazole rings is 1. The van der Waals surface area contributed by atoms with Crippen LogP contribution >= 0.6 is 0 Å². The first kappa shape index (κ1) is 32.4. The van der Waals surface area contributed by atoms with Crippen molar-refractivity contribution in [3.8, 4) is 33.6 Å². The maximum atomic E-state index is 5.33. The molecule has 0 unspecified atom stereocenters. The van der Waals surface area contributed by atoms with Crippen LogP contribution in [0.25, 0.3) is 111 Å². The van der Waals surface area contributed by atoms with E-state index in [1.54, 1.807) is 0 Å². The van der Waals surface area contributed by atoms with Crippen molar-refractivity contribution in [1.82, 2.24) is 18.5 Å². The van der Waals surface area contributed by atoms with Crippen molar-refractivity contribution in [2.45, 2.75) is 12.8 Å². The summed E-state index contributed by atoms with van der Waals surface area (Å²) in [6.07, 6.45) is 6.75. The van der Waals surface area contributed by atoms with Gasteiger partial charge in [0.1, 0.15) is 5.65 Å². The summed E-state index contributed by atoms with van der Waals surface area (Å²) in [5.74, 6) is 0. The van der Waals surface area contributed by atoms with Crippen LogP contribution in [0.2, 0.25) is 0 Å². The molecule has 4 heteroatoms. The van der Waals surface area contributed by atoms with Crippen LogP contribution < -0.4 is 0 Å². The first-order valence-corrected chi connectivity index (χ1v) is 20.5. The molecule has 0 saturated carbocycles. The van der Waals surface area contributed by atoms with Crippen LogP contribution in [0.1, 0.15) is 17.7 Å². The molecule has 0 saturated heterocycles. The number of pyridine rings is 1. The molecule has 1 aliphatic carbocycles. The molecule has 13 rings (SSSR count). The van der Waals surface area contributed by atoms with Crippen LogP contribution in [-0.4, -0.2) is 18.5 Å². The maximum Gasteiger partial charge on any atom is 0.146 e. The summed E-state index contributed by atoms with van der Waals surface area (Å²) in [5.41, 5.74) is 17.8. The third-order valence-electron chi connectivity index (χ3n) is 12.7. The van der Waals surface area contributed by atoms with Crippen molar-refractivity contribution < 1.29 is 0 Å². The highest BCUT2D eigenvalue weighted by molar-refractivity contribution is 6.16. The fourth-order valence-electron chi connectivity index (χ4n) is 10.00. The third-order valence-corrected chi connectivity index (χ3v) is 12.7. The summed E-state index contributed by atoms with van der Waals surface area (Å²) in [6.45, 7) is 0. The Balaban J connectivity index is 1.00. The lowest BCUT2D eigenvalue weighted by atomic mass is 9.96. The molecule has 4 aromatic heterocycles. The van der Waals surface area contributed by atoms with Gasteiger partial charge in [0.25, 0.3) is 0 Å². The Kier molecular flexibility index (Phi) is 6.81. The zero-order valence-corrected chi connectivity index (χ0v) is 32.2. The predicted molar refractivity (Wildman–Crippen MR) is 247 cm³/mol. The Morgan fingerprint density at radius 3 is 1.73 bits per heavy atom. The molecule has 0 radical (unpaired) electrons. The molecule has 0 amide bonds. The van der Waals surface area contributed by atoms with Crippen LogP contribution in [0.3, 0.4) is 0 Å². The number of fused-ring (bicyclic) bond motifs is 14. The molecule has 4 nitrogen and oxygen atoms in total. The Bertz CT molecular complexity index is 3710. The molecule has 0 bridgehead atoms. The number of aromatic nitrogens is 4. The second-order valence-electron chi connectivity index (χ2n) is 15.9. The molecular formula is C55H36N4. The number of nitrogens with zero attached hydrogens (tertiary/aromatic N) is 4. The van der Waals surface area contributed by atoms with Crippen LogP contribution in [0.5, 0.6) is 0 Å². The van der Waals surface area contributed by atoms with Gasteiger partial charge in [-0.25, -0.2) is 4.98 Å². The molecule has 59 heavy (non-hydrogen) atoms. The molecule has 12 aromatic rings. The molecule has 1 aliphatic rings. The fourth-order valence-corrected chi connectivity index (χ4v) is 10.00. The Morgan fingerprint density at radius 1 is 0.390 bits per heavy atom. The van der Waals surface area contributed by atoms with E-state index in [9.17, 15) is 0 Å². The van der Waals surface area contributed by atoms with Gasteiger partial charge in [0.15, 0.2) is 0 Å². The standard InChI is InChI=1S/C55H36N4/c1-3-13-39(14-4-1)57-49-20-10-7-17-42(49)45-31-36(25-29-51(45)57)35-23-27-41-44-28-24-38(34-54(44)59-53-22-12-9-19-48(53)56-55(59)47(41)33-35)37-26-30-52-46(32-37)43-18-8-11-21-50(43)58(52)40-15-5-2-6-16-40/h1-10,12-20,22-34H,11,21H2. The lowest BCUT2D eigenvalue weighted by Crippen LogP contribution is -2.02. The first-order chi connectivity index (χ1) is 29.3. The summed E-state index contributed by atoms with van der Waals surface area (Å²) >= 11 is 0. The van der Waals surface area contributed by atoms with E-state index in [1.807, 2.05) is 0 Å². The number of rotatable bonds is 4. The quantitative estimate of drug-likeness (QED) is 0.165. The summed E-state index contributed by atoms with van der Waals surface area (Å²) in [4.78, 5) is 5.33. The number of allylic oxidation sites excluding steroid dienone is 1. The van der Waals surface area contributed by atoms with Crippen LogP contribution in [0, 0.1) is 0 Å². The number of benzene rings is 8. The average Bonchev–Trinajstić information content (AvgIpc) is 3.97. The summed E-state index contributed by atoms with van der Waals surface area (Å²) in [7, 11) is 0. The molecule has 4 heterocycles. The van der Waals surface area contributed by atoms with Crippen molar-refractivity contribution in [3.63, 3.8) is 0 Å². The Hall–Kier alpha value is -7.69. The van der Waals surface area contributed by atoms with Crippen LogP contribution in [0.15, 0.2) is 188 Å². The molecule has 0 atom stereocenters. The van der Waals surface area contributed by atoms with Crippen LogP contribution in [-0.2, 0) is 6.42 Å². The highest BCUT2D eigenvalue weighted by atomic mass is 15.0. The normalized spacial score (nSPS) is 12.9. The van der Waals surface area contributed by atoms with Crippen molar-refractivity contribution in [2.75, 3.05) is 0 Å². The van der Waals surface area contributed by atoms with Crippen molar-refractivity contribution >= 4 is 77.1 Å². The number of hydrogen-bond acceptors (Lipinski definition) is 1. The topological polar surface area (TPSA) is 27.2 Å². The van der Waals surface area contributed by atoms with Crippen molar-refractivity contribution in [2.24, 2.45) is 0 Å². The highest BCUT2D eigenvalue weighted by Gasteiger charge is 2.21. The van der Waals surface area contributed by atoms with Gasteiger partial charge in [0.05, 0.1) is 33.1 Å². The number of para-hydroxylation sites is 5. The predicted octanol–water partition coefficient (Wildman–Crippen LogP) is 14.1. The van der Waals surface area contributed by atoms with Gasteiger partial charge in [-0.05, 0) is 119 Å². The van der Waals surface area contributed by atoms with Gasteiger partial charge >= 0.3 is 0 Å². The zero-order chi connectivity index (χ0) is 38.6. The molecule has 0 aliphatic heterocycles. The molecular weight excluding hydrogens is 717 g/mol. The average molecular weight is 753 g/mol. The van der Waals surface area contributed by atoms with Gasteiger partial charge in [0, 0.05) is 49.6 Å². The van der Waals surface area contributed by atoms with Gasteiger partial charge in [-0.2, -0.15) is 0 Å². The smallest absolute Gasteiger partial charge is 0.146 e. The highest BCUT2D eigenvalue weighted by Crippen LogP contribution is 2.41. The molecule has 0 N–H and O–H groups in total. The van der Waals surface area contributed by atoms with Gasteiger partial charge in [0.2, 0.25) is 0 Å². The first-order valence-electron chi connectivity index (χ1n) is 20.5. The van der Waals surface area contributed by atoms with Crippen LogP contribution in [0.4, 0.5) is 0 Å². The van der Waals surface area contributed by atoms with E-state index in [-0.39, 0.29) is 0 Å². The van der Waals surface area contributed by atoms with Gasteiger partial charge < -0.3 is 9.13 Å². The van der Waals surface area contributed by atoms with Crippen molar-refractivity contribution in [1.29, 1.82) is 0 Å². The minimum Gasteiger partial charge on any atom is -0.313 e. The van der Waals surface area contributed by atoms with E-state index in [0.29, 0.717) is 0 Å². The van der Waals surface area contributed by atoms with E-state index in [2.05, 4.69) is 208 Å². The molecule has 276 valence electrons. The minimum atomic E-state index is 0.976. The maximum absolute atomic E-state index is 5.33. The second kappa shape index (κ2) is 12.4. The summed E-state index contributed by atoms with van der Waals surface area (Å²) in [5, 5.41) is 7.36.